The lowest BCUT2D eigenvalue weighted by Gasteiger charge is -2.18. The number of hydrogen-bond donors (Lipinski definition) is 0. The van der Waals surface area contributed by atoms with Gasteiger partial charge in [0.25, 0.3) is 0 Å². The highest BCUT2D eigenvalue weighted by Gasteiger charge is 2.14. The molecule has 0 aliphatic carbocycles. The van der Waals surface area contributed by atoms with Crippen molar-refractivity contribution in [1.82, 2.24) is 4.90 Å². The summed E-state index contributed by atoms with van der Waals surface area (Å²) in [4.78, 5) is 14.0. The van der Waals surface area contributed by atoms with E-state index in [9.17, 15) is 4.79 Å². The Bertz CT molecular complexity index is 452. The number of carbonyl (C=O) groups excluding carboxylic acids is 1. The summed E-state index contributed by atoms with van der Waals surface area (Å²) in [6.07, 6.45) is 15.6. The van der Waals surface area contributed by atoms with Crippen molar-refractivity contribution >= 4 is 5.91 Å². The summed E-state index contributed by atoms with van der Waals surface area (Å²) < 4.78 is 0. The van der Waals surface area contributed by atoms with Gasteiger partial charge in [0.05, 0.1) is 0 Å². The lowest BCUT2D eigenvalue weighted by atomic mass is 10.1. The fourth-order valence-electron chi connectivity index (χ4n) is 2.84. The quantitative estimate of drug-likeness (QED) is 0.517. The van der Waals surface area contributed by atoms with E-state index >= 15 is 0 Å². The monoisotopic (exact) mass is 317 g/mol. The van der Waals surface area contributed by atoms with Gasteiger partial charge in [0.1, 0.15) is 0 Å². The first-order chi connectivity index (χ1) is 11.0. The zero-order chi connectivity index (χ0) is 17.1. The van der Waals surface area contributed by atoms with Crippen molar-refractivity contribution < 1.29 is 4.79 Å². The summed E-state index contributed by atoms with van der Waals surface area (Å²) >= 11 is 0. The van der Waals surface area contributed by atoms with Crippen LogP contribution in [0.2, 0.25) is 0 Å². The average Bonchev–Trinajstić information content (AvgIpc) is 2.69. The fourth-order valence-corrected chi connectivity index (χ4v) is 2.84. The molecule has 1 aliphatic heterocycles. The number of hydrogen-bond acceptors (Lipinski definition) is 1. The summed E-state index contributed by atoms with van der Waals surface area (Å²) in [5.74, 6) is 0.335. The summed E-state index contributed by atoms with van der Waals surface area (Å²) in [6.45, 7) is 10.5. The molecule has 0 saturated carbocycles. The molecule has 1 saturated heterocycles. The van der Waals surface area contributed by atoms with E-state index in [-0.39, 0.29) is 0 Å². The molecule has 0 N–H and O–H groups in total. The van der Waals surface area contributed by atoms with E-state index in [1.54, 1.807) is 0 Å². The van der Waals surface area contributed by atoms with Crippen LogP contribution in [0.5, 0.6) is 0 Å². The largest absolute Gasteiger partial charge is 0.339 e. The Morgan fingerprint density at radius 2 is 1.57 bits per heavy atom. The van der Waals surface area contributed by atoms with Gasteiger partial charge in [0, 0.05) is 19.5 Å². The van der Waals surface area contributed by atoms with Crippen LogP contribution in [-0.2, 0) is 4.79 Å². The second-order valence-corrected chi connectivity index (χ2v) is 7.11. The standard InChI is InChI=1S/C21H35NO/c1-18(2)10-8-11-19(3)12-9-13-20(4)15-17-22-16-7-5-6-14-21(22)23/h10,12,15H,5-9,11,13-14,16-17H2,1-4H3/b19-12-,20-15-. The van der Waals surface area contributed by atoms with Crippen LogP contribution in [0, 0.1) is 0 Å². The number of amides is 1. The average molecular weight is 318 g/mol. The second-order valence-electron chi connectivity index (χ2n) is 7.11. The van der Waals surface area contributed by atoms with Gasteiger partial charge < -0.3 is 4.90 Å². The van der Waals surface area contributed by atoms with Crippen LogP contribution in [0.25, 0.3) is 0 Å². The minimum Gasteiger partial charge on any atom is -0.339 e. The molecular weight excluding hydrogens is 282 g/mol. The van der Waals surface area contributed by atoms with E-state index in [1.807, 2.05) is 4.90 Å². The highest BCUT2D eigenvalue weighted by Crippen LogP contribution is 2.13. The van der Waals surface area contributed by atoms with Crippen LogP contribution in [0.1, 0.15) is 79.1 Å². The van der Waals surface area contributed by atoms with Crippen molar-refractivity contribution in [3.63, 3.8) is 0 Å². The maximum atomic E-state index is 12.0. The molecule has 1 rings (SSSR count). The van der Waals surface area contributed by atoms with Gasteiger partial charge in [0.15, 0.2) is 0 Å². The van der Waals surface area contributed by atoms with E-state index in [2.05, 4.69) is 45.9 Å². The van der Waals surface area contributed by atoms with E-state index < -0.39 is 0 Å². The minimum absolute atomic E-state index is 0.335. The van der Waals surface area contributed by atoms with Crippen LogP contribution >= 0.6 is 0 Å². The molecule has 0 aromatic rings. The highest BCUT2D eigenvalue weighted by atomic mass is 16.2. The van der Waals surface area contributed by atoms with Crippen LogP contribution in [0.3, 0.4) is 0 Å². The molecule has 0 aromatic carbocycles. The van der Waals surface area contributed by atoms with Crippen molar-refractivity contribution in [2.24, 2.45) is 0 Å². The van der Waals surface area contributed by atoms with Gasteiger partial charge in [-0.2, -0.15) is 0 Å². The van der Waals surface area contributed by atoms with Gasteiger partial charge in [-0.05, 0) is 66.2 Å². The molecule has 2 nitrogen and oxygen atoms in total. The Kier molecular flexibility index (Phi) is 9.66. The minimum atomic E-state index is 0.335. The van der Waals surface area contributed by atoms with Gasteiger partial charge in [-0.15, -0.1) is 0 Å². The molecule has 1 fully saturated rings. The number of carbonyl (C=O) groups is 1. The lowest BCUT2D eigenvalue weighted by Crippen LogP contribution is -2.30. The lowest BCUT2D eigenvalue weighted by molar-refractivity contribution is -0.130. The molecule has 0 radical (unpaired) electrons. The van der Waals surface area contributed by atoms with Crippen molar-refractivity contribution in [3.05, 3.63) is 34.9 Å². The molecular formula is C21H35NO. The first-order valence-electron chi connectivity index (χ1n) is 9.21. The van der Waals surface area contributed by atoms with Gasteiger partial charge >= 0.3 is 0 Å². The summed E-state index contributed by atoms with van der Waals surface area (Å²) in [5, 5.41) is 0. The van der Waals surface area contributed by atoms with Crippen LogP contribution in [0.4, 0.5) is 0 Å². The number of allylic oxidation sites excluding steroid dienone is 5. The summed E-state index contributed by atoms with van der Waals surface area (Å²) in [5.41, 5.74) is 4.29. The first-order valence-corrected chi connectivity index (χ1v) is 9.21. The van der Waals surface area contributed by atoms with Crippen LogP contribution in [-0.4, -0.2) is 23.9 Å². The van der Waals surface area contributed by atoms with Crippen molar-refractivity contribution in [2.75, 3.05) is 13.1 Å². The molecule has 1 amide bonds. The summed E-state index contributed by atoms with van der Waals surface area (Å²) in [7, 11) is 0. The Balaban J connectivity index is 2.30. The fraction of sp³-hybridized carbons (Fsp3) is 0.667. The molecule has 0 aromatic heterocycles. The van der Waals surface area contributed by atoms with E-state index in [1.165, 1.54) is 23.1 Å². The predicted octanol–water partition coefficient (Wildman–Crippen LogP) is 5.81. The molecule has 0 unspecified atom stereocenters. The third-order valence-electron chi connectivity index (χ3n) is 4.45. The highest BCUT2D eigenvalue weighted by molar-refractivity contribution is 5.76. The first kappa shape index (κ1) is 19.7. The predicted molar refractivity (Wildman–Crippen MR) is 100 cm³/mol. The molecule has 0 bridgehead atoms. The van der Waals surface area contributed by atoms with Crippen LogP contribution in [0.15, 0.2) is 34.9 Å². The Labute approximate surface area is 143 Å². The Hall–Kier alpha value is -1.31. The molecule has 130 valence electrons. The van der Waals surface area contributed by atoms with E-state index in [0.29, 0.717) is 5.91 Å². The molecule has 2 heteroatoms. The molecule has 0 atom stereocenters. The molecule has 1 heterocycles. The third kappa shape index (κ3) is 9.43. The second kappa shape index (κ2) is 11.3. The molecule has 23 heavy (non-hydrogen) atoms. The Morgan fingerprint density at radius 1 is 0.913 bits per heavy atom. The number of likely N-dealkylation sites (tertiary alicyclic amines) is 1. The SMILES string of the molecule is CC(C)=CCC/C(C)=C\CC/C(C)=C\CN1CCCCCC1=O. The Morgan fingerprint density at radius 3 is 2.26 bits per heavy atom. The van der Waals surface area contributed by atoms with Gasteiger partial charge in [-0.3, -0.25) is 4.79 Å². The molecule has 1 aliphatic rings. The van der Waals surface area contributed by atoms with E-state index in [4.69, 9.17) is 0 Å². The zero-order valence-electron chi connectivity index (χ0n) is 15.7. The van der Waals surface area contributed by atoms with Crippen LogP contribution < -0.4 is 0 Å². The van der Waals surface area contributed by atoms with Crippen molar-refractivity contribution in [1.29, 1.82) is 0 Å². The van der Waals surface area contributed by atoms with Gasteiger partial charge in [-0.1, -0.05) is 41.4 Å². The van der Waals surface area contributed by atoms with Gasteiger partial charge in [0.2, 0.25) is 5.91 Å². The van der Waals surface area contributed by atoms with Crippen molar-refractivity contribution in [3.8, 4) is 0 Å². The maximum absolute atomic E-state index is 12.0. The van der Waals surface area contributed by atoms with E-state index in [0.717, 1.165) is 58.0 Å². The topological polar surface area (TPSA) is 20.3 Å². The van der Waals surface area contributed by atoms with Crippen molar-refractivity contribution in [2.45, 2.75) is 79.1 Å². The number of nitrogens with zero attached hydrogens (tertiary/aromatic N) is 1. The smallest absolute Gasteiger partial charge is 0.222 e. The zero-order valence-corrected chi connectivity index (χ0v) is 15.7. The number of rotatable bonds is 8. The van der Waals surface area contributed by atoms with Gasteiger partial charge in [-0.25, -0.2) is 0 Å². The third-order valence-corrected chi connectivity index (χ3v) is 4.45. The summed E-state index contributed by atoms with van der Waals surface area (Å²) in [6, 6.07) is 0. The normalized spacial score (nSPS) is 17.2. The molecule has 0 spiro atoms. The maximum Gasteiger partial charge on any atom is 0.222 e.